The van der Waals surface area contributed by atoms with Gasteiger partial charge in [-0.15, -0.1) is 0 Å². The number of hydrogen-bond acceptors (Lipinski definition) is 3. The summed E-state index contributed by atoms with van der Waals surface area (Å²) in [7, 11) is 0. The normalized spacial score (nSPS) is 18.0. The van der Waals surface area contributed by atoms with Crippen LogP contribution in [0.25, 0.3) is 0 Å². The number of rotatable bonds is 3. The van der Waals surface area contributed by atoms with E-state index >= 15 is 0 Å². The Morgan fingerprint density at radius 2 is 2.00 bits per heavy atom. The van der Waals surface area contributed by atoms with E-state index in [4.69, 9.17) is 10.2 Å². The lowest BCUT2D eigenvalue weighted by Crippen LogP contribution is -2.35. The van der Waals surface area contributed by atoms with Crippen LogP contribution in [0.5, 0.6) is 0 Å². The van der Waals surface area contributed by atoms with E-state index < -0.39 is 12.5 Å². The summed E-state index contributed by atoms with van der Waals surface area (Å²) < 4.78 is 0. The van der Waals surface area contributed by atoms with Crippen LogP contribution in [0.4, 0.5) is 0 Å². The first-order valence-corrected chi connectivity index (χ1v) is 2.79. The van der Waals surface area contributed by atoms with Crippen LogP contribution in [0.15, 0.2) is 0 Å². The zero-order chi connectivity index (χ0) is 6.57. The van der Waals surface area contributed by atoms with Crippen molar-refractivity contribution in [2.24, 2.45) is 0 Å². The minimum atomic E-state index is -0.620. The standard InChI is InChI=1S/C5H13NO2/c1-3-5(8)6-4(2)7/h4-8H,3H2,1-2H3. The SMILES string of the molecule is CCC(O)NC(C)O. The molecule has 8 heavy (non-hydrogen) atoms. The molecule has 0 aliphatic carbocycles. The van der Waals surface area contributed by atoms with Gasteiger partial charge in [0.15, 0.2) is 0 Å². The first kappa shape index (κ1) is 7.88. The number of aliphatic hydroxyl groups excluding tert-OH is 2. The average Bonchev–Trinajstić information content (AvgIpc) is 1.65. The second kappa shape index (κ2) is 3.83. The molecule has 0 radical (unpaired) electrons. The molecule has 0 aliphatic heterocycles. The maximum Gasteiger partial charge on any atom is 0.106 e. The summed E-state index contributed by atoms with van der Waals surface area (Å²) in [6.07, 6.45) is -0.579. The molecule has 0 aromatic rings. The molecule has 0 bridgehead atoms. The third-order valence-electron chi connectivity index (χ3n) is 0.820. The van der Waals surface area contributed by atoms with Crippen molar-refractivity contribution in [3.63, 3.8) is 0 Å². The van der Waals surface area contributed by atoms with Gasteiger partial charge in [-0.1, -0.05) is 6.92 Å². The maximum absolute atomic E-state index is 8.76. The summed E-state index contributed by atoms with van der Waals surface area (Å²) in [5.74, 6) is 0. The highest BCUT2D eigenvalue weighted by molar-refractivity contribution is 4.48. The smallest absolute Gasteiger partial charge is 0.106 e. The summed E-state index contributed by atoms with van der Waals surface area (Å²) in [6.45, 7) is 3.40. The monoisotopic (exact) mass is 119 g/mol. The fraction of sp³-hybridized carbons (Fsp3) is 1.00. The van der Waals surface area contributed by atoms with Crippen molar-refractivity contribution in [1.29, 1.82) is 0 Å². The lowest BCUT2D eigenvalue weighted by Gasteiger charge is -2.11. The predicted octanol–water partition coefficient (Wildman–Crippen LogP) is -0.357. The third kappa shape index (κ3) is 4.05. The molecule has 0 saturated carbocycles. The van der Waals surface area contributed by atoms with Crippen molar-refractivity contribution in [2.45, 2.75) is 32.7 Å². The molecule has 3 N–H and O–H groups in total. The Morgan fingerprint density at radius 1 is 1.50 bits per heavy atom. The first-order valence-electron chi connectivity index (χ1n) is 2.79. The van der Waals surface area contributed by atoms with Gasteiger partial charge < -0.3 is 10.2 Å². The zero-order valence-corrected chi connectivity index (χ0v) is 5.26. The highest BCUT2D eigenvalue weighted by atomic mass is 16.3. The van der Waals surface area contributed by atoms with Crippen molar-refractivity contribution in [2.75, 3.05) is 0 Å². The summed E-state index contributed by atoms with van der Waals surface area (Å²) in [5, 5.41) is 19.8. The Labute approximate surface area is 49.3 Å². The highest BCUT2D eigenvalue weighted by Gasteiger charge is 2.00. The fourth-order valence-corrected chi connectivity index (χ4v) is 0.396. The molecule has 3 heteroatoms. The van der Waals surface area contributed by atoms with Crippen molar-refractivity contribution >= 4 is 0 Å². The second-order valence-corrected chi connectivity index (χ2v) is 1.77. The Hall–Kier alpha value is -0.120. The lowest BCUT2D eigenvalue weighted by molar-refractivity contribution is 0.0503. The molecule has 50 valence electrons. The first-order chi connectivity index (χ1) is 3.66. The molecule has 0 aromatic carbocycles. The van der Waals surface area contributed by atoms with Gasteiger partial charge in [0.1, 0.15) is 12.5 Å². The number of aliphatic hydroxyl groups is 2. The molecule has 0 aromatic heterocycles. The van der Waals surface area contributed by atoms with Crippen molar-refractivity contribution in [3.8, 4) is 0 Å². The van der Waals surface area contributed by atoms with Crippen molar-refractivity contribution < 1.29 is 10.2 Å². The Morgan fingerprint density at radius 3 is 2.12 bits per heavy atom. The molecule has 0 heterocycles. The molecule has 0 fully saturated rings. The predicted molar refractivity (Wildman–Crippen MR) is 31.1 cm³/mol. The van der Waals surface area contributed by atoms with E-state index in [0.717, 1.165) is 0 Å². The minimum absolute atomic E-state index is 0.574. The van der Waals surface area contributed by atoms with Crippen LogP contribution in [0.1, 0.15) is 20.3 Å². The minimum Gasteiger partial charge on any atom is -0.379 e. The van der Waals surface area contributed by atoms with Gasteiger partial charge in [0.05, 0.1) is 0 Å². The molecule has 0 saturated heterocycles. The van der Waals surface area contributed by atoms with E-state index in [1.54, 1.807) is 6.92 Å². The van der Waals surface area contributed by atoms with Gasteiger partial charge in [0.25, 0.3) is 0 Å². The average molecular weight is 119 g/mol. The summed E-state index contributed by atoms with van der Waals surface area (Å²) >= 11 is 0. The van der Waals surface area contributed by atoms with E-state index in [1.165, 1.54) is 0 Å². The van der Waals surface area contributed by atoms with Gasteiger partial charge in [0, 0.05) is 0 Å². The van der Waals surface area contributed by atoms with E-state index in [-0.39, 0.29) is 0 Å². The molecule has 0 spiro atoms. The molecular formula is C5H13NO2. The summed E-state index contributed by atoms with van der Waals surface area (Å²) in [5.41, 5.74) is 0. The van der Waals surface area contributed by atoms with Crippen LogP contribution in [0.3, 0.4) is 0 Å². The molecule has 0 aliphatic rings. The van der Waals surface area contributed by atoms with Crippen LogP contribution in [0.2, 0.25) is 0 Å². The van der Waals surface area contributed by atoms with Crippen LogP contribution in [-0.2, 0) is 0 Å². The quantitative estimate of drug-likeness (QED) is 0.445. The van der Waals surface area contributed by atoms with E-state index in [2.05, 4.69) is 5.32 Å². The van der Waals surface area contributed by atoms with Crippen LogP contribution in [-0.4, -0.2) is 22.7 Å². The molecule has 3 nitrogen and oxygen atoms in total. The topological polar surface area (TPSA) is 52.5 Å². The van der Waals surface area contributed by atoms with Crippen LogP contribution < -0.4 is 5.32 Å². The largest absolute Gasteiger partial charge is 0.379 e. The van der Waals surface area contributed by atoms with Gasteiger partial charge in [-0.05, 0) is 13.3 Å². The van der Waals surface area contributed by atoms with E-state index in [1.807, 2.05) is 6.92 Å². The van der Waals surface area contributed by atoms with Gasteiger partial charge in [0.2, 0.25) is 0 Å². The van der Waals surface area contributed by atoms with E-state index in [9.17, 15) is 0 Å². The fourth-order valence-electron chi connectivity index (χ4n) is 0.396. The Kier molecular flexibility index (Phi) is 3.77. The maximum atomic E-state index is 8.76. The molecule has 0 amide bonds. The summed E-state index contributed by atoms with van der Waals surface area (Å²) in [6, 6.07) is 0. The van der Waals surface area contributed by atoms with Gasteiger partial charge >= 0.3 is 0 Å². The second-order valence-electron chi connectivity index (χ2n) is 1.77. The Bertz CT molecular complexity index is 56.4. The third-order valence-corrected chi connectivity index (χ3v) is 0.820. The highest BCUT2D eigenvalue weighted by Crippen LogP contribution is 1.84. The Balaban J connectivity index is 3.10. The lowest BCUT2D eigenvalue weighted by atomic mass is 10.4. The van der Waals surface area contributed by atoms with Crippen LogP contribution >= 0.6 is 0 Å². The molecule has 2 atom stereocenters. The van der Waals surface area contributed by atoms with Gasteiger partial charge in [-0.25, -0.2) is 0 Å². The molecule has 0 rings (SSSR count). The molecule has 2 unspecified atom stereocenters. The zero-order valence-electron chi connectivity index (χ0n) is 5.26. The molecular weight excluding hydrogens is 106 g/mol. The van der Waals surface area contributed by atoms with Gasteiger partial charge in [-0.3, -0.25) is 5.32 Å². The van der Waals surface area contributed by atoms with Crippen molar-refractivity contribution in [3.05, 3.63) is 0 Å². The van der Waals surface area contributed by atoms with Crippen molar-refractivity contribution in [1.82, 2.24) is 5.32 Å². The van der Waals surface area contributed by atoms with Crippen LogP contribution in [0, 0.1) is 0 Å². The van der Waals surface area contributed by atoms with E-state index in [0.29, 0.717) is 6.42 Å². The summed E-state index contributed by atoms with van der Waals surface area (Å²) in [4.78, 5) is 0. The van der Waals surface area contributed by atoms with Gasteiger partial charge in [-0.2, -0.15) is 0 Å². The number of hydrogen-bond donors (Lipinski definition) is 3. The number of nitrogens with one attached hydrogen (secondary N) is 1.